The molecule has 186 valence electrons. The molecule has 2 heterocycles. The van der Waals surface area contributed by atoms with Crippen LogP contribution in [0.5, 0.6) is 0 Å². The number of carbonyl (C=O) groups is 1. The highest BCUT2D eigenvalue weighted by Crippen LogP contribution is 2.37. The molecule has 1 atom stereocenters. The first-order valence-electron chi connectivity index (χ1n) is 11.3. The van der Waals surface area contributed by atoms with Crippen LogP contribution < -0.4 is 5.32 Å². The molecule has 1 amide bonds. The smallest absolute Gasteiger partial charge is 0.407 e. The van der Waals surface area contributed by atoms with Crippen molar-refractivity contribution in [2.75, 3.05) is 12.9 Å². The maximum Gasteiger partial charge on any atom is 0.407 e. The van der Waals surface area contributed by atoms with E-state index in [4.69, 9.17) is 25.2 Å². The summed E-state index contributed by atoms with van der Waals surface area (Å²) >= 11 is 7.78. The Morgan fingerprint density at radius 1 is 1.27 bits per heavy atom. The SMILES string of the molecule is CSc1cc(Cl)nc2c(C)c(CC(CCO[Si](C)(C)C(C)(C)C)NC(=O)OC(C)(C)C)oc12. The molecule has 0 aliphatic rings. The Morgan fingerprint density at radius 2 is 1.91 bits per heavy atom. The number of alkyl carbamates (subject to hydrolysis) is 1. The Balaban J connectivity index is 2.26. The molecule has 33 heavy (non-hydrogen) atoms. The number of pyridine rings is 1. The van der Waals surface area contributed by atoms with Crippen molar-refractivity contribution in [1.82, 2.24) is 10.3 Å². The van der Waals surface area contributed by atoms with Gasteiger partial charge in [0, 0.05) is 24.6 Å². The number of carbonyl (C=O) groups excluding carboxylic acids is 1. The van der Waals surface area contributed by atoms with Gasteiger partial charge in [-0.15, -0.1) is 11.8 Å². The highest BCUT2D eigenvalue weighted by atomic mass is 35.5. The molecule has 0 aliphatic heterocycles. The van der Waals surface area contributed by atoms with E-state index in [9.17, 15) is 4.79 Å². The van der Waals surface area contributed by atoms with Gasteiger partial charge in [-0.05, 0) is 64.6 Å². The summed E-state index contributed by atoms with van der Waals surface area (Å²) in [7, 11) is -1.89. The average Bonchev–Trinajstić information content (AvgIpc) is 2.94. The maximum atomic E-state index is 12.6. The second kappa shape index (κ2) is 10.6. The van der Waals surface area contributed by atoms with Crippen LogP contribution in [-0.4, -0.2) is 43.9 Å². The zero-order chi connectivity index (χ0) is 25.2. The summed E-state index contributed by atoms with van der Waals surface area (Å²) in [6.45, 7) is 19.2. The first-order valence-corrected chi connectivity index (χ1v) is 15.8. The van der Waals surface area contributed by atoms with Gasteiger partial charge in [-0.3, -0.25) is 0 Å². The minimum Gasteiger partial charge on any atom is -0.458 e. The van der Waals surface area contributed by atoms with E-state index in [-0.39, 0.29) is 11.1 Å². The lowest BCUT2D eigenvalue weighted by Crippen LogP contribution is -2.44. The summed E-state index contributed by atoms with van der Waals surface area (Å²) in [4.78, 5) is 18.0. The van der Waals surface area contributed by atoms with E-state index >= 15 is 0 Å². The lowest BCUT2D eigenvalue weighted by atomic mass is 10.1. The molecular weight excluding hydrogens is 476 g/mol. The summed E-state index contributed by atoms with van der Waals surface area (Å²) in [5.41, 5.74) is 1.85. The number of halogens is 1. The van der Waals surface area contributed by atoms with E-state index in [1.807, 2.05) is 40.0 Å². The number of aryl methyl sites for hydroxylation is 1. The number of hydrogen-bond acceptors (Lipinski definition) is 6. The summed E-state index contributed by atoms with van der Waals surface area (Å²) in [6.07, 6.45) is 2.69. The van der Waals surface area contributed by atoms with Crippen molar-refractivity contribution in [3.63, 3.8) is 0 Å². The number of aromatic nitrogens is 1. The van der Waals surface area contributed by atoms with Crippen LogP contribution in [0.25, 0.3) is 11.1 Å². The predicted octanol–water partition coefficient (Wildman–Crippen LogP) is 7.36. The van der Waals surface area contributed by atoms with E-state index < -0.39 is 20.0 Å². The van der Waals surface area contributed by atoms with Crippen molar-refractivity contribution in [2.45, 2.75) is 96.0 Å². The summed E-state index contributed by atoms with van der Waals surface area (Å²) in [5, 5.41) is 3.58. The third-order valence-electron chi connectivity index (χ3n) is 6.01. The van der Waals surface area contributed by atoms with Crippen molar-refractivity contribution in [3.8, 4) is 0 Å². The van der Waals surface area contributed by atoms with Gasteiger partial charge < -0.3 is 18.9 Å². The molecule has 9 heteroatoms. The standard InChI is InChI=1S/C24H39ClN2O4SSi/c1-15-17(30-21-18(32-8)14-19(25)27-20(15)21)13-16(26-22(28)31-23(2,3)4)11-12-29-33(9,10)24(5,6)7/h14,16H,11-13H2,1-10H3,(H,26,28). The van der Waals surface area contributed by atoms with Gasteiger partial charge in [0.25, 0.3) is 0 Å². The lowest BCUT2D eigenvalue weighted by molar-refractivity contribution is 0.0496. The van der Waals surface area contributed by atoms with E-state index in [1.54, 1.807) is 11.8 Å². The fourth-order valence-electron chi connectivity index (χ4n) is 3.11. The highest BCUT2D eigenvalue weighted by molar-refractivity contribution is 7.98. The van der Waals surface area contributed by atoms with Crippen LogP contribution in [0.3, 0.4) is 0 Å². The molecule has 0 saturated heterocycles. The van der Waals surface area contributed by atoms with Crippen LogP contribution in [0.1, 0.15) is 59.3 Å². The van der Waals surface area contributed by atoms with E-state index in [2.05, 4.69) is 44.2 Å². The fourth-order valence-corrected chi connectivity index (χ4v) is 4.98. The van der Waals surface area contributed by atoms with E-state index in [0.717, 1.165) is 27.3 Å². The number of nitrogens with one attached hydrogen (secondary N) is 1. The molecule has 1 N–H and O–H groups in total. The molecule has 2 aromatic heterocycles. The molecule has 2 aromatic rings. The number of ether oxygens (including phenoxy) is 1. The molecule has 2 rings (SSSR count). The first kappa shape index (κ1) is 28.0. The zero-order valence-corrected chi connectivity index (χ0v) is 24.2. The van der Waals surface area contributed by atoms with E-state index in [1.165, 1.54) is 0 Å². The van der Waals surface area contributed by atoms with Gasteiger partial charge in [0.1, 0.15) is 22.0 Å². The number of fused-ring (bicyclic) bond motifs is 1. The number of rotatable bonds is 8. The number of hydrogen-bond donors (Lipinski definition) is 1. The Hall–Kier alpha value is -1.22. The number of amides is 1. The maximum absolute atomic E-state index is 12.6. The van der Waals surface area contributed by atoms with Crippen molar-refractivity contribution in [3.05, 3.63) is 22.5 Å². The van der Waals surface area contributed by atoms with Crippen LogP contribution in [0.2, 0.25) is 23.3 Å². The van der Waals surface area contributed by atoms with Gasteiger partial charge in [-0.1, -0.05) is 32.4 Å². The molecule has 0 radical (unpaired) electrons. The molecule has 0 aromatic carbocycles. The topological polar surface area (TPSA) is 73.6 Å². The third-order valence-corrected chi connectivity index (χ3v) is 11.5. The minimum absolute atomic E-state index is 0.121. The number of nitrogens with zero attached hydrogens (tertiary/aromatic N) is 1. The van der Waals surface area contributed by atoms with E-state index in [0.29, 0.717) is 24.6 Å². The summed E-state index contributed by atoms with van der Waals surface area (Å²) < 4.78 is 18.1. The minimum atomic E-state index is -1.89. The van der Waals surface area contributed by atoms with Gasteiger partial charge in [-0.25, -0.2) is 9.78 Å². The molecular formula is C24H39ClN2O4SSi. The van der Waals surface area contributed by atoms with Crippen molar-refractivity contribution >= 4 is 48.9 Å². The highest BCUT2D eigenvalue weighted by Gasteiger charge is 2.37. The molecule has 0 saturated carbocycles. The van der Waals surface area contributed by atoms with Gasteiger partial charge >= 0.3 is 6.09 Å². The van der Waals surface area contributed by atoms with Crippen LogP contribution in [0.4, 0.5) is 4.79 Å². The van der Waals surface area contributed by atoms with Crippen molar-refractivity contribution in [2.24, 2.45) is 0 Å². The third kappa shape index (κ3) is 7.63. The number of furan rings is 1. The fraction of sp³-hybridized carbons (Fsp3) is 0.667. The Morgan fingerprint density at radius 3 is 2.45 bits per heavy atom. The normalized spacial score (nSPS) is 13.9. The molecule has 0 spiro atoms. The van der Waals surface area contributed by atoms with Crippen LogP contribution in [0, 0.1) is 6.92 Å². The Bertz CT molecular complexity index is 979. The molecule has 6 nitrogen and oxygen atoms in total. The van der Waals surface area contributed by atoms with Crippen LogP contribution in [-0.2, 0) is 15.6 Å². The Labute approximate surface area is 208 Å². The van der Waals surface area contributed by atoms with Crippen LogP contribution >= 0.6 is 23.4 Å². The monoisotopic (exact) mass is 514 g/mol. The van der Waals surface area contributed by atoms with Gasteiger partial charge in [0.15, 0.2) is 13.9 Å². The largest absolute Gasteiger partial charge is 0.458 e. The van der Waals surface area contributed by atoms with Crippen molar-refractivity contribution in [1.29, 1.82) is 0 Å². The lowest BCUT2D eigenvalue weighted by Gasteiger charge is -2.36. The zero-order valence-electron chi connectivity index (χ0n) is 21.6. The van der Waals surface area contributed by atoms with Gasteiger partial charge in [0.2, 0.25) is 0 Å². The summed E-state index contributed by atoms with van der Waals surface area (Å²) in [5.74, 6) is 0.781. The second-order valence-electron chi connectivity index (χ2n) is 10.9. The summed E-state index contributed by atoms with van der Waals surface area (Å²) in [6, 6.07) is 1.60. The van der Waals surface area contributed by atoms with Crippen LogP contribution in [0.15, 0.2) is 15.4 Å². The molecule has 0 aliphatic carbocycles. The van der Waals surface area contributed by atoms with Gasteiger partial charge in [-0.2, -0.15) is 0 Å². The van der Waals surface area contributed by atoms with Gasteiger partial charge in [0.05, 0.1) is 4.90 Å². The van der Waals surface area contributed by atoms with Crippen molar-refractivity contribution < 1.29 is 18.4 Å². The average molecular weight is 515 g/mol. The molecule has 0 bridgehead atoms. The second-order valence-corrected chi connectivity index (χ2v) is 17.0. The molecule has 1 unspecified atom stereocenters. The Kier molecular flexibility index (Phi) is 8.99. The number of thioether (sulfide) groups is 1. The first-order chi connectivity index (χ1) is 15.0. The quantitative estimate of drug-likeness (QED) is 0.225. The molecule has 0 fully saturated rings. The predicted molar refractivity (Wildman–Crippen MR) is 140 cm³/mol.